The average Bonchev–Trinajstić information content (AvgIpc) is 3.18. The van der Waals surface area contributed by atoms with Crippen LogP contribution in [0.5, 0.6) is 5.75 Å². The first-order valence-electron chi connectivity index (χ1n) is 14.0. The third-order valence-electron chi connectivity index (χ3n) is 7.38. The van der Waals surface area contributed by atoms with Crippen molar-refractivity contribution in [3.63, 3.8) is 0 Å². The van der Waals surface area contributed by atoms with E-state index in [1.807, 2.05) is 20.8 Å². The Bertz CT molecular complexity index is 1190. The van der Waals surface area contributed by atoms with Crippen LogP contribution in [0.3, 0.4) is 0 Å². The molecule has 3 N–H and O–H groups in total. The smallest absolute Gasteiger partial charge is 0.229 e. The quantitative estimate of drug-likeness (QED) is 0.323. The average molecular weight is 755 g/mol. The van der Waals surface area contributed by atoms with Crippen molar-refractivity contribution in [2.75, 3.05) is 0 Å². The van der Waals surface area contributed by atoms with Gasteiger partial charge in [0, 0.05) is 31.1 Å². The summed E-state index contributed by atoms with van der Waals surface area (Å²) in [6.07, 6.45) is 6.57. The van der Waals surface area contributed by atoms with E-state index in [0.717, 1.165) is 23.7 Å². The number of carbonyl (C=O) groups excluding carboxylic acids is 1. The number of aryl methyl sites for hydroxylation is 1. The van der Waals surface area contributed by atoms with Crippen LogP contribution in [-0.2, 0) is 11.2 Å². The maximum Gasteiger partial charge on any atom is 0.229 e. The predicted octanol–water partition coefficient (Wildman–Crippen LogP) is 7.30. The first kappa shape index (κ1) is 33.2. The van der Waals surface area contributed by atoms with Crippen molar-refractivity contribution in [1.82, 2.24) is 5.32 Å². The Balaban J connectivity index is 0.000000207. The fourth-order valence-corrected chi connectivity index (χ4v) is 5.61. The summed E-state index contributed by atoms with van der Waals surface area (Å²) in [6, 6.07) is 15.1. The van der Waals surface area contributed by atoms with Gasteiger partial charge in [0.15, 0.2) is 5.96 Å². The summed E-state index contributed by atoms with van der Waals surface area (Å²) >= 11 is 0. The Morgan fingerprint density at radius 3 is 2.46 bits per heavy atom. The van der Waals surface area contributed by atoms with E-state index in [1.165, 1.54) is 47.9 Å². The number of ether oxygens (including phenoxy) is 1. The first-order chi connectivity index (χ1) is 17.8. The number of amides is 1. The number of nitrogens with one attached hydrogen (secondary N) is 1. The molecular formula is C33H46N3O2U-. The van der Waals surface area contributed by atoms with Gasteiger partial charge in [0.05, 0.1) is 12.0 Å². The number of carbonyl (C=O) groups is 1. The second-order valence-electron chi connectivity index (χ2n) is 12.2. The number of allylic oxidation sites excluding steroid dienone is 1. The van der Waals surface area contributed by atoms with Crippen molar-refractivity contribution < 1.29 is 40.6 Å². The molecule has 3 aliphatic rings. The van der Waals surface area contributed by atoms with Gasteiger partial charge in [-0.25, -0.2) is 10.6 Å². The van der Waals surface area contributed by atoms with Crippen LogP contribution in [-0.4, -0.2) is 23.0 Å². The molecule has 5 nitrogen and oxygen atoms in total. The molecule has 210 valence electrons. The molecule has 0 saturated heterocycles. The Morgan fingerprint density at radius 1 is 1.15 bits per heavy atom. The molecule has 1 unspecified atom stereocenters. The molecule has 1 amide bonds. The zero-order valence-corrected chi connectivity index (χ0v) is 29.0. The van der Waals surface area contributed by atoms with Gasteiger partial charge in [-0.3, -0.25) is 16.7 Å². The number of fused-ring (bicyclic) bond motifs is 2. The molecule has 0 radical (unpaired) electrons. The van der Waals surface area contributed by atoms with E-state index >= 15 is 0 Å². The molecular weight excluding hydrogens is 708 g/mol. The normalized spacial score (nSPS) is 21.5. The molecule has 2 atom stereocenters. The molecule has 0 saturated carbocycles. The van der Waals surface area contributed by atoms with Crippen LogP contribution in [0.15, 0.2) is 47.5 Å². The number of guanidine groups is 1. The first-order valence-corrected chi connectivity index (χ1v) is 14.0. The van der Waals surface area contributed by atoms with E-state index < -0.39 is 0 Å². The van der Waals surface area contributed by atoms with E-state index in [-0.39, 0.29) is 54.1 Å². The second-order valence-corrected chi connectivity index (χ2v) is 12.2. The number of nitrogens with zero attached hydrogens (tertiary/aromatic N) is 1. The Kier molecular flexibility index (Phi) is 11.9. The summed E-state index contributed by atoms with van der Waals surface area (Å²) in [6.45, 7) is 20.4. The van der Waals surface area contributed by atoms with Gasteiger partial charge in [0.2, 0.25) is 5.91 Å². The largest absolute Gasteiger partial charge is 0.488 e. The summed E-state index contributed by atoms with van der Waals surface area (Å²) in [4.78, 5) is 14.8. The standard InChI is InChI=1S/C14H20O.C13H15.C6H11N3O.U/c1-4-7-11-10-14(2,3)15-13-9-6-5-8-12(11)13;1-9(2)11-6-7-13-10(3)4-5-12(13)8-11;1-6(2)3-4(10)8-5(7)9-6;/h5-6,8-9,11H,4,7,10H2,1-3H3;1,6-8,10H,4-5H2,2-3H3;3H2,1-2H3,(H3,7,8,9,10);/q;-1;;/t11-;;;/m0.../s1. The number of benzene rings is 2. The molecule has 1 aliphatic carbocycles. The van der Waals surface area contributed by atoms with Crippen molar-refractivity contribution in [2.45, 2.75) is 110 Å². The monoisotopic (exact) mass is 754 g/mol. The number of hydrogen-bond donors (Lipinski definition) is 2. The van der Waals surface area contributed by atoms with Crippen molar-refractivity contribution >= 4 is 17.4 Å². The minimum Gasteiger partial charge on any atom is -0.488 e. The van der Waals surface area contributed by atoms with E-state index in [4.69, 9.17) is 17.0 Å². The van der Waals surface area contributed by atoms with Crippen molar-refractivity contribution in [3.8, 4) is 5.75 Å². The SMILES string of the molecule is CC1(C)CC(=O)NC(N)=N1.CCC[C@H]1CC(C)(C)Oc2ccccc21.[CH-]=C(C)c1ccc2c(c1)CCC2C.[U]. The van der Waals surface area contributed by atoms with Crippen LogP contribution in [0, 0.1) is 37.7 Å². The van der Waals surface area contributed by atoms with Gasteiger partial charge >= 0.3 is 0 Å². The molecule has 2 aromatic rings. The number of para-hydroxylation sites is 1. The van der Waals surface area contributed by atoms with Crippen LogP contribution >= 0.6 is 0 Å². The van der Waals surface area contributed by atoms with Crippen LogP contribution < -0.4 is 15.8 Å². The number of hydrogen-bond acceptors (Lipinski definition) is 4. The van der Waals surface area contributed by atoms with Gasteiger partial charge in [-0.1, -0.05) is 57.0 Å². The van der Waals surface area contributed by atoms with Crippen LogP contribution in [0.2, 0.25) is 0 Å². The Labute approximate surface area is 259 Å². The second kappa shape index (κ2) is 14.0. The molecule has 0 aromatic heterocycles. The third-order valence-corrected chi connectivity index (χ3v) is 7.38. The fourth-order valence-electron chi connectivity index (χ4n) is 5.61. The summed E-state index contributed by atoms with van der Waals surface area (Å²) in [5, 5.41) is 2.42. The van der Waals surface area contributed by atoms with Gasteiger partial charge in [-0.2, -0.15) is 5.56 Å². The summed E-state index contributed by atoms with van der Waals surface area (Å²) < 4.78 is 6.00. The van der Waals surface area contributed by atoms with E-state index in [2.05, 4.69) is 80.5 Å². The summed E-state index contributed by atoms with van der Waals surface area (Å²) in [5.41, 5.74) is 11.5. The Hall–Kier alpha value is -2.03. The van der Waals surface area contributed by atoms with Gasteiger partial charge in [-0.05, 0) is 82.4 Å². The fraction of sp³-hybridized carbons (Fsp3) is 0.515. The van der Waals surface area contributed by atoms with E-state index in [0.29, 0.717) is 12.3 Å². The predicted molar refractivity (Wildman–Crippen MR) is 158 cm³/mol. The number of aliphatic imine (C=N–C) groups is 1. The summed E-state index contributed by atoms with van der Waals surface area (Å²) in [7, 11) is 0. The van der Waals surface area contributed by atoms with Gasteiger partial charge in [0.25, 0.3) is 0 Å². The molecule has 2 aromatic carbocycles. The molecule has 6 heteroatoms. The number of nitrogens with two attached hydrogens (primary N) is 1. The molecule has 5 rings (SSSR count). The molecule has 0 bridgehead atoms. The van der Waals surface area contributed by atoms with Gasteiger partial charge < -0.3 is 10.5 Å². The summed E-state index contributed by atoms with van der Waals surface area (Å²) in [5.74, 6) is 2.67. The van der Waals surface area contributed by atoms with E-state index in [1.54, 1.807) is 0 Å². The van der Waals surface area contributed by atoms with Crippen molar-refractivity contribution in [2.24, 2.45) is 10.7 Å². The van der Waals surface area contributed by atoms with E-state index in [9.17, 15) is 4.79 Å². The molecule has 0 spiro atoms. The zero-order chi connectivity index (χ0) is 28.1. The zero-order valence-electron chi connectivity index (χ0n) is 24.9. The van der Waals surface area contributed by atoms with Gasteiger partial charge in [-0.15, -0.1) is 12.1 Å². The molecule has 2 heterocycles. The van der Waals surface area contributed by atoms with Crippen LogP contribution in [0.25, 0.3) is 5.57 Å². The minimum atomic E-state index is -0.327. The molecule has 39 heavy (non-hydrogen) atoms. The van der Waals surface area contributed by atoms with Crippen LogP contribution in [0.4, 0.5) is 0 Å². The number of rotatable bonds is 3. The minimum absolute atomic E-state index is 0. The van der Waals surface area contributed by atoms with Gasteiger partial charge in [0.1, 0.15) is 11.4 Å². The maximum atomic E-state index is 10.8. The maximum absolute atomic E-state index is 10.8. The topological polar surface area (TPSA) is 76.7 Å². The van der Waals surface area contributed by atoms with Crippen LogP contribution in [0.1, 0.15) is 115 Å². The molecule has 0 fully saturated rings. The molecule has 2 aliphatic heterocycles. The van der Waals surface area contributed by atoms with Crippen molar-refractivity contribution in [3.05, 3.63) is 71.3 Å². The van der Waals surface area contributed by atoms with Crippen molar-refractivity contribution in [1.29, 1.82) is 0 Å². The Morgan fingerprint density at radius 2 is 1.85 bits per heavy atom. The third kappa shape index (κ3) is 9.54.